The van der Waals surface area contributed by atoms with Gasteiger partial charge in [0.25, 0.3) is 0 Å². The average molecular weight is 367 g/mol. The zero-order chi connectivity index (χ0) is 19.0. The SMILES string of the molecule is Cc1cc(Nc2nc(C(O)c3ccc(F)cc3)nc3cccc(F)c23)n[nH]1. The Kier molecular flexibility index (Phi) is 4.25. The van der Waals surface area contributed by atoms with E-state index in [4.69, 9.17) is 0 Å². The maximum absolute atomic E-state index is 14.4. The lowest BCUT2D eigenvalue weighted by molar-refractivity contribution is 0.210. The van der Waals surface area contributed by atoms with Gasteiger partial charge in [-0.3, -0.25) is 5.10 Å². The molecule has 136 valence electrons. The summed E-state index contributed by atoms with van der Waals surface area (Å²) < 4.78 is 27.5. The quantitative estimate of drug-likeness (QED) is 0.511. The maximum Gasteiger partial charge on any atom is 0.164 e. The molecule has 0 aliphatic heterocycles. The second-order valence-corrected chi connectivity index (χ2v) is 6.08. The molecule has 0 spiro atoms. The van der Waals surface area contributed by atoms with Crippen LogP contribution in [-0.4, -0.2) is 25.3 Å². The molecule has 1 unspecified atom stereocenters. The number of aliphatic hydroxyl groups excluding tert-OH is 1. The lowest BCUT2D eigenvalue weighted by Gasteiger charge is -2.14. The van der Waals surface area contributed by atoms with Crippen LogP contribution >= 0.6 is 0 Å². The second-order valence-electron chi connectivity index (χ2n) is 6.08. The molecule has 2 aromatic heterocycles. The van der Waals surface area contributed by atoms with Gasteiger partial charge in [-0.15, -0.1) is 0 Å². The number of nitrogens with one attached hydrogen (secondary N) is 2. The highest BCUT2D eigenvalue weighted by atomic mass is 19.1. The fourth-order valence-corrected chi connectivity index (χ4v) is 2.77. The lowest BCUT2D eigenvalue weighted by Crippen LogP contribution is -2.09. The number of aliphatic hydroxyl groups is 1. The van der Waals surface area contributed by atoms with Gasteiger partial charge in [-0.1, -0.05) is 18.2 Å². The Morgan fingerprint density at radius 2 is 1.85 bits per heavy atom. The third-order valence-electron chi connectivity index (χ3n) is 4.07. The van der Waals surface area contributed by atoms with Crippen molar-refractivity contribution in [2.75, 3.05) is 5.32 Å². The predicted molar refractivity (Wildman–Crippen MR) is 96.6 cm³/mol. The highest BCUT2D eigenvalue weighted by Crippen LogP contribution is 2.29. The van der Waals surface area contributed by atoms with E-state index in [-0.39, 0.29) is 17.0 Å². The van der Waals surface area contributed by atoms with Crippen LogP contribution in [0.4, 0.5) is 20.4 Å². The minimum absolute atomic E-state index is 0.0643. The molecular weight excluding hydrogens is 352 g/mol. The van der Waals surface area contributed by atoms with Crippen LogP contribution in [0.15, 0.2) is 48.5 Å². The van der Waals surface area contributed by atoms with Gasteiger partial charge in [0, 0.05) is 11.8 Å². The van der Waals surface area contributed by atoms with Gasteiger partial charge in [0.15, 0.2) is 11.6 Å². The molecule has 4 rings (SSSR count). The van der Waals surface area contributed by atoms with E-state index in [1.54, 1.807) is 12.1 Å². The predicted octanol–water partition coefficient (Wildman–Crippen LogP) is 3.76. The van der Waals surface area contributed by atoms with Crippen molar-refractivity contribution in [1.82, 2.24) is 20.2 Å². The first-order valence-corrected chi connectivity index (χ1v) is 8.20. The first-order chi connectivity index (χ1) is 13.0. The van der Waals surface area contributed by atoms with Crippen LogP contribution in [0.3, 0.4) is 0 Å². The normalized spacial score (nSPS) is 12.3. The van der Waals surface area contributed by atoms with Crippen molar-refractivity contribution >= 4 is 22.5 Å². The highest BCUT2D eigenvalue weighted by molar-refractivity contribution is 5.91. The minimum Gasteiger partial charge on any atom is -0.380 e. The van der Waals surface area contributed by atoms with Gasteiger partial charge in [-0.05, 0) is 36.8 Å². The van der Waals surface area contributed by atoms with E-state index in [0.29, 0.717) is 16.9 Å². The van der Waals surface area contributed by atoms with E-state index in [2.05, 4.69) is 25.5 Å². The summed E-state index contributed by atoms with van der Waals surface area (Å²) in [7, 11) is 0. The maximum atomic E-state index is 14.4. The number of nitrogens with zero attached hydrogens (tertiary/aromatic N) is 3. The number of aromatic nitrogens is 4. The number of aromatic amines is 1. The van der Waals surface area contributed by atoms with Crippen LogP contribution in [0.25, 0.3) is 10.9 Å². The van der Waals surface area contributed by atoms with Crippen molar-refractivity contribution in [1.29, 1.82) is 0 Å². The molecule has 2 aromatic carbocycles. The Bertz CT molecular complexity index is 1110. The molecule has 0 saturated heterocycles. The number of hydrogen-bond donors (Lipinski definition) is 3. The Hall–Kier alpha value is -3.39. The van der Waals surface area contributed by atoms with E-state index in [0.717, 1.165) is 5.69 Å². The molecule has 27 heavy (non-hydrogen) atoms. The van der Waals surface area contributed by atoms with Crippen LogP contribution in [0.5, 0.6) is 0 Å². The molecule has 3 N–H and O–H groups in total. The van der Waals surface area contributed by atoms with Crippen molar-refractivity contribution in [2.24, 2.45) is 0 Å². The Morgan fingerprint density at radius 3 is 2.56 bits per heavy atom. The van der Waals surface area contributed by atoms with Crippen molar-refractivity contribution in [3.63, 3.8) is 0 Å². The van der Waals surface area contributed by atoms with Crippen molar-refractivity contribution in [2.45, 2.75) is 13.0 Å². The Balaban J connectivity index is 1.83. The van der Waals surface area contributed by atoms with E-state index in [9.17, 15) is 13.9 Å². The molecule has 0 bridgehead atoms. The van der Waals surface area contributed by atoms with E-state index in [1.165, 1.54) is 36.4 Å². The molecular formula is C19H15F2N5O. The average Bonchev–Trinajstić information content (AvgIpc) is 3.06. The number of halogens is 2. The summed E-state index contributed by atoms with van der Waals surface area (Å²) in [4.78, 5) is 8.58. The first-order valence-electron chi connectivity index (χ1n) is 8.20. The topological polar surface area (TPSA) is 86.7 Å². The standard InChI is InChI=1S/C19H15F2N5O/c1-10-9-15(26-25-10)23-18-16-13(21)3-2-4-14(16)22-19(24-18)17(27)11-5-7-12(20)8-6-11/h2-9,17,27H,1H3,(H2,22,23,24,25,26). The second kappa shape index (κ2) is 6.73. The summed E-state index contributed by atoms with van der Waals surface area (Å²) in [5, 5.41) is 20.6. The molecule has 0 aliphatic rings. The van der Waals surface area contributed by atoms with Gasteiger partial charge in [-0.25, -0.2) is 18.7 Å². The largest absolute Gasteiger partial charge is 0.380 e. The van der Waals surface area contributed by atoms with E-state index < -0.39 is 17.7 Å². The van der Waals surface area contributed by atoms with Crippen LogP contribution in [-0.2, 0) is 0 Å². The summed E-state index contributed by atoms with van der Waals surface area (Å²) in [6.07, 6.45) is -1.19. The Labute approximate surface area is 152 Å². The lowest BCUT2D eigenvalue weighted by atomic mass is 10.1. The van der Waals surface area contributed by atoms with Gasteiger partial charge in [0.05, 0.1) is 10.9 Å². The number of hydrogen-bond acceptors (Lipinski definition) is 5. The van der Waals surface area contributed by atoms with Gasteiger partial charge >= 0.3 is 0 Å². The summed E-state index contributed by atoms with van der Waals surface area (Å²) in [5.74, 6) is -0.206. The van der Waals surface area contributed by atoms with Gasteiger partial charge in [0.1, 0.15) is 23.6 Å². The zero-order valence-corrected chi connectivity index (χ0v) is 14.2. The molecule has 1 atom stereocenters. The first kappa shape index (κ1) is 17.0. The number of H-pyrrole nitrogens is 1. The van der Waals surface area contributed by atoms with Gasteiger partial charge in [0.2, 0.25) is 0 Å². The molecule has 0 aliphatic carbocycles. The van der Waals surface area contributed by atoms with Crippen LogP contribution in [0, 0.1) is 18.6 Å². The molecule has 0 fully saturated rings. The third-order valence-corrected chi connectivity index (χ3v) is 4.07. The zero-order valence-electron chi connectivity index (χ0n) is 14.2. The van der Waals surface area contributed by atoms with Crippen molar-refractivity contribution < 1.29 is 13.9 Å². The van der Waals surface area contributed by atoms with Crippen molar-refractivity contribution in [3.8, 4) is 0 Å². The summed E-state index contributed by atoms with van der Waals surface area (Å²) >= 11 is 0. The number of anilines is 2. The molecule has 0 saturated carbocycles. The van der Waals surface area contributed by atoms with Crippen LogP contribution in [0.1, 0.15) is 23.2 Å². The molecule has 0 amide bonds. The van der Waals surface area contributed by atoms with Crippen LogP contribution < -0.4 is 5.32 Å². The third kappa shape index (κ3) is 3.34. The van der Waals surface area contributed by atoms with Gasteiger partial charge < -0.3 is 10.4 Å². The monoisotopic (exact) mass is 367 g/mol. The summed E-state index contributed by atoms with van der Waals surface area (Å²) in [6, 6.07) is 11.6. The molecule has 6 nitrogen and oxygen atoms in total. The van der Waals surface area contributed by atoms with E-state index in [1.807, 2.05) is 6.92 Å². The molecule has 8 heteroatoms. The number of fused-ring (bicyclic) bond motifs is 1. The Morgan fingerprint density at radius 1 is 1.07 bits per heavy atom. The smallest absolute Gasteiger partial charge is 0.164 e. The van der Waals surface area contributed by atoms with Crippen LogP contribution in [0.2, 0.25) is 0 Å². The molecule has 2 heterocycles. The van der Waals surface area contributed by atoms with Crippen molar-refractivity contribution in [3.05, 3.63) is 77.2 Å². The minimum atomic E-state index is -1.19. The number of benzene rings is 2. The summed E-state index contributed by atoms with van der Waals surface area (Å²) in [5.41, 5.74) is 1.58. The summed E-state index contributed by atoms with van der Waals surface area (Å²) in [6.45, 7) is 1.83. The number of aryl methyl sites for hydroxylation is 1. The molecule has 4 aromatic rings. The highest BCUT2D eigenvalue weighted by Gasteiger charge is 2.19. The number of rotatable bonds is 4. The fourth-order valence-electron chi connectivity index (χ4n) is 2.77. The molecule has 0 radical (unpaired) electrons. The van der Waals surface area contributed by atoms with Gasteiger partial charge in [-0.2, -0.15) is 5.10 Å². The van der Waals surface area contributed by atoms with E-state index >= 15 is 0 Å². The fraction of sp³-hybridized carbons (Fsp3) is 0.105.